The number of benzene rings is 1. The van der Waals surface area contributed by atoms with Gasteiger partial charge >= 0.3 is 0 Å². The van der Waals surface area contributed by atoms with Crippen molar-refractivity contribution in [3.63, 3.8) is 0 Å². The van der Waals surface area contributed by atoms with Crippen molar-refractivity contribution in [2.24, 2.45) is 11.3 Å². The van der Waals surface area contributed by atoms with E-state index in [1.165, 1.54) is 28.7 Å². The van der Waals surface area contributed by atoms with Crippen LogP contribution >= 0.6 is 0 Å². The molecule has 0 aliphatic heterocycles. The Labute approximate surface area is 129 Å². The second-order valence-electron chi connectivity index (χ2n) is 7.66. The van der Waals surface area contributed by atoms with Gasteiger partial charge in [-0.2, -0.15) is 0 Å². The normalized spacial score (nSPS) is 30.4. The number of hydrogen-bond donors (Lipinski definition) is 0. The molecule has 3 rings (SSSR count). The summed E-state index contributed by atoms with van der Waals surface area (Å²) < 4.78 is 0. The van der Waals surface area contributed by atoms with E-state index in [1.807, 2.05) is 0 Å². The molecule has 0 heteroatoms. The van der Waals surface area contributed by atoms with E-state index in [0.717, 1.165) is 0 Å². The van der Waals surface area contributed by atoms with E-state index >= 15 is 0 Å². The van der Waals surface area contributed by atoms with E-state index < -0.39 is 0 Å². The lowest BCUT2D eigenvalue weighted by atomic mass is 9.73. The van der Waals surface area contributed by atoms with Gasteiger partial charge in [0.1, 0.15) is 0 Å². The Morgan fingerprint density at radius 1 is 0.905 bits per heavy atom. The van der Waals surface area contributed by atoms with Crippen LogP contribution in [0.5, 0.6) is 0 Å². The highest BCUT2D eigenvalue weighted by Gasteiger charge is 2.46. The van der Waals surface area contributed by atoms with Gasteiger partial charge in [0.25, 0.3) is 0 Å². The quantitative estimate of drug-likeness (QED) is 0.614. The van der Waals surface area contributed by atoms with Crippen LogP contribution in [0.25, 0.3) is 0 Å². The second kappa shape index (κ2) is 4.73. The predicted octanol–water partition coefficient (Wildman–Crippen LogP) is 5.74. The summed E-state index contributed by atoms with van der Waals surface area (Å²) in [5.41, 5.74) is 6.16. The van der Waals surface area contributed by atoms with Gasteiger partial charge in [0.05, 0.1) is 0 Å². The summed E-state index contributed by atoms with van der Waals surface area (Å²) in [5.74, 6) is 0.522. The maximum absolute atomic E-state index is 2.41. The van der Waals surface area contributed by atoms with Crippen LogP contribution in [0.3, 0.4) is 0 Å². The first-order chi connectivity index (χ1) is 9.83. The molecule has 21 heavy (non-hydrogen) atoms. The van der Waals surface area contributed by atoms with E-state index in [1.54, 1.807) is 0 Å². The molecule has 2 atom stereocenters. The lowest BCUT2D eigenvalue weighted by Gasteiger charge is -2.30. The van der Waals surface area contributed by atoms with Gasteiger partial charge in [-0.1, -0.05) is 81.8 Å². The van der Waals surface area contributed by atoms with Crippen molar-refractivity contribution < 1.29 is 0 Å². The van der Waals surface area contributed by atoms with E-state index in [2.05, 4.69) is 83.2 Å². The maximum atomic E-state index is 2.41. The Bertz CT molecular complexity index is 637. The van der Waals surface area contributed by atoms with E-state index in [9.17, 15) is 0 Å². The second-order valence-corrected chi connectivity index (χ2v) is 7.66. The van der Waals surface area contributed by atoms with Crippen molar-refractivity contribution in [3.8, 4) is 0 Å². The lowest BCUT2D eigenvalue weighted by Crippen LogP contribution is -2.23. The fourth-order valence-electron chi connectivity index (χ4n) is 4.06. The fourth-order valence-corrected chi connectivity index (χ4v) is 4.06. The molecule has 0 radical (unpaired) electrons. The molecule has 1 aromatic rings. The molecule has 0 nitrogen and oxygen atoms in total. The third-order valence-electron chi connectivity index (χ3n) is 5.23. The minimum atomic E-state index is 0.122. The minimum absolute atomic E-state index is 0.122. The average Bonchev–Trinajstić information content (AvgIpc) is 2.55. The summed E-state index contributed by atoms with van der Waals surface area (Å²) >= 11 is 0. The predicted molar refractivity (Wildman–Crippen MR) is 91.4 cm³/mol. The molecule has 0 bridgehead atoms. The molecule has 2 aliphatic carbocycles. The van der Waals surface area contributed by atoms with Gasteiger partial charge in [-0.25, -0.2) is 0 Å². The summed E-state index contributed by atoms with van der Waals surface area (Å²) in [6.45, 7) is 11.6. The Morgan fingerprint density at radius 2 is 1.48 bits per heavy atom. The average molecular weight is 278 g/mol. The van der Waals surface area contributed by atoms with E-state index in [4.69, 9.17) is 0 Å². The number of allylic oxidation sites excluding steroid dienone is 6. The Balaban J connectivity index is 2.16. The molecule has 0 heterocycles. The van der Waals surface area contributed by atoms with Crippen LogP contribution in [0, 0.1) is 18.3 Å². The third-order valence-corrected chi connectivity index (χ3v) is 5.23. The number of rotatable bonds is 1. The standard InChI is InChI=1S/C21H26/c1-15-6-10-17(11-7-15)21(5)14-20(3,4)18-12-8-16(2)9-13-19(18)21/h6-13,16H,14H2,1-5H3. The van der Waals surface area contributed by atoms with Crippen molar-refractivity contribution in [3.05, 3.63) is 70.8 Å². The van der Waals surface area contributed by atoms with Crippen LogP contribution in [-0.2, 0) is 5.41 Å². The van der Waals surface area contributed by atoms with E-state index in [-0.39, 0.29) is 10.8 Å². The largest absolute Gasteiger partial charge is 0.0776 e. The number of aryl methyl sites for hydroxylation is 1. The molecule has 0 spiro atoms. The molecule has 0 aromatic heterocycles. The zero-order valence-corrected chi connectivity index (χ0v) is 13.9. The summed E-state index contributed by atoms with van der Waals surface area (Å²) in [6, 6.07) is 9.11. The highest BCUT2D eigenvalue weighted by Crippen LogP contribution is 2.55. The molecule has 0 N–H and O–H groups in total. The molecular weight excluding hydrogens is 252 g/mol. The molecule has 2 unspecified atom stereocenters. The minimum Gasteiger partial charge on any atom is -0.0776 e. The zero-order valence-electron chi connectivity index (χ0n) is 13.9. The SMILES string of the molecule is Cc1ccc(C2(C)CC(C)(C)C3=C2C=CC(C)C=C3)cc1. The van der Waals surface area contributed by atoms with Crippen molar-refractivity contribution >= 4 is 0 Å². The lowest BCUT2D eigenvalue weighted by molar-refractivity contribution is 0.372. The van der Waals surface area contributed by atoms with Crippen LogP contribution in [0.4, 0.5) is 0 Å². The van der Waals surface area contributed by atoms with E-state index in [0.29, 0.717) is 5.92 Å². The van der Waals surface area contributed by atoms with Gasteiger partial charge in [0, 0.05) is 5.41 Å². The van der Waals surface area contributed by atoms with Gasteiger partial charge in [0.15, 0.2) is 0 Å². The van der Waals surface area contributed by atoms with Gasteiger partial charge in [-0.15, -0.1) is 0 Å². The first-order valence-electron chi connectivity index (χ1n) is 8.02. The van der Waals surface area contributed by atoms with Crippen LogP contribution in [0.2, 0.25) is 0 Å². The van der Waals surface area contributed by atoms with Crippen molar-refractivity contribution in [1.82, 2.24) is 0 Å². The van der Waals surface area contributed by atoms with Crippen LogP contribution in [-0.4, -0.2) is 0 Å². The summed E-state index contributed by atoms with van der Waals surface area (Å²) in [7, 11) is 0. The summed E-state index contributed by atoms with van der Waals surface area (Å²) in [4.78, 5) is 0. The highest BCUT2D eigenvalue weighted by atomic mass is 14.5. The van der Waals surface area contributed by atoms with Crippen molar-refractivity contribution in [2.45, 2.75) is 46.5 Å². The molecule has 0 saturated carbocycles. The van der Waals surface area contributed by atoms with Gasteiger partial charge in [0.2, 0.25) is 0 Å². The summed E-state index contributed by atoms with van der Waals surface area (Å²) in [5, 5.41) is 0. The monoisotopic (exact) mass is 278 g/mol. The third kappa shape index (κ3) is 2.31. The summed E-state index contributed by atoms with van der Waals surface area (Å²) in [6.07, 6.45) is 10.6. The van der Waals surface area contributed by atoms with Crippen LogP contribution in [0.15, 0.2) is 59.7 Å². The Kier molecular flexibility index (Phi) is 3.24. The molecular formula is C21H26. The topological polar surface area (TPSA) is 0 Å². The smallest absolute Gasteiger partial charge is 0.0185 e. The van der Waals surface area contributed by atoms with Gasteiger partial charge in [-0.05, 0) is 41.4 Å². The van der Waals surface area contributed by atoms with Crippen LogP contribution < -0.4 is 0 Å². The van der Waals surface area contributed by atoms with Crippen molar-refractivity contribution in [2.75, 3.05) is 0 Å². The molecule has 0 amide bonds. The zero-order chi connectivity index (χ0) is 15.3. The molecule has 110 valence electrons. The molecule has 2 aliphatic rings. The maximum Gasteiger partial charge on any atom is 0.0185 e. The highest BCUT2D eigenvalue weighted by molar-refractivity contribution is 5.55. The number of hydrogen-bond acceptors (Lipinski definition) is 0. The first-order valence-corrected chi connectivity index (χ1v) is 8.02. The van der Waals surface area contributed by atoms with Crippen molar-refractivity contribution in [1.29, 1.82) is 0 Å². The Hall–Kier alpha value is -1.56. The molecule has 1 aromatic carbocycles. The van der Waals surface area contributed by atoms with Crippen LogP contribution in [0.1, 0.15) is 45.2 Å². The molecule has 0 fully saturated rings. The molecule has 0 saturated heterocycles. The Morgan fingerprint density at radius 3 is 2.10 bits per heavy atom. The first kappa shape index (κ1) is 14.4. The van der Waals surface area contributed by atoms with Gasteiger partial charge in [-0.3, -0.25) is 0 Å². The fraction of sp³-hybridized carbons (Fsp3) is 0.429. The van der Waals surface area contributed by atoms with Gasteiger partial charge < -0.3 is 0 Å².